The molecule has 0 saturated heterocycles. The third kappa shape index (κ3) is 2.68. The Morgan fingerprint density at radius 1 is 1.54 bits per heavy atom. The van der Waals surface area contributed by atoms with Gasteiger partial charge < -0.3 is 16.6 Å². The highest BCUT2D eigenvalue weighted by atomic mass is 16.4. The third-order valence-electron chi connectivity index (χ3n) is 1.51. The van der Waals surface area contributed by atoms with Crippen molar-refractivity contribution in [2.45, 2.75) is 12.5 Å². The number of nitrogens with two attached hydrogens (primary N) is 2. The monoisotopic (exact) mass is 182 g/mol. The van der Waals surface area contributed by atoms with E-state index in [1.54, 1.807) is 0 Å². The smallest absolute Gasteiger partial charge is 0.305 e. The van der Waals surface area contributed by atoms with E-state index < -0.39 is 12.0 Å². The SMILES string of the molecule is Nc1ncc([C@H](N)CC(=O)O)cn1. The van der Waals surface area contributed by atoms with Gasteiger partial charge in [0.15, 0.2) is 0 Å². The van der Waals surface area contributed by atoms with E-state index in [0.29, 0.717) is 5.56 Å². The number of carboxylic acid groups (broad SMARTS) is 1. The number of hydrogen-bond donors (Lipinski definition) is 3. The van der Waals surface area contributed by atoms with Gasteiger partial charge in [-0.05, 0) is 0 Å². The maximum Gasteiger partial charge on any atom is 0.305 e. The summed E-state index contributed by atoms with van der Waals surface area (Å²) in [6.07, 6.45) is 2.71. The molecule has 0 bridgehead atoms. The number of nitrogens with zero attached hydrogens (tertiary/aromatic N) is 2. The van der Waals surface area contributed by atoms with Crippen molar-refractivity contribution >= 4 is 11.9 Å². The summed E-state index contributed by atoms with van der Waals surface area (Å²) in [5, 5.41) is 8.45. The van der Waals surface area contributed by atoms with Gasteiger partial charge in [-0.1, -0.05) is 0 Å². The lowest BCUT2D eigenvalue weighted by Crippen LogP contribution is -2.15. The molecular weight excluding hydrogens is 172 g/mol. The van der Waals surface area contributed by atoms with Gasteiger partial charge in [0.1, 0.15) is 0 Å². The van der Waals surface area contributed by atoms with Gasteiger partial charge in [-0.2, -0.15) is 0 Å². The van der Waals surface area contributed by atoms with E-state index in [0.717, 1.165) is 0 Å². The summed E-state index contributed by atoms with van der Waals surface area (Å²) >= 11 is 0. The minimum absolute atomic E-state index is 0.145. The highest BCUT2D eigenvalue weighted by Gasteiger charge is 2.10. The molecule has 0 aliphatic carbocycles. The van der Waals surface area contributed by atoms with Crippen molar-refractivity contribution in [3.05, 3.63) is 18.0 Å². The molecule has 1 heterocycles. The van der Waals surface area contributed by atoms with Crippen LogP contribution < -0.4 is 11.5 Å². The van der Waals surface area contributed by atoms with Crippen LogP contribution in [0, 0.1) is 0 Å². The number of hydrogen-bond acceptors (Lipinski definition) is 5. The molecule has 0 amide bonds. The number of carboxylic acids is 1. The second-order valence-corrected chi connectivity index (χ2v) is 2.58. The van der Waals surface area contributed by atoms with Gasteiger partial charge >= 0.3 is 5.97 Å². The second-order valence-electron chi connectivity index (χ2n) is 2.58. The highest BCUT2D eigenvalue weighted by molar-refractivity contribution is 5.67. The average molecular weight is 182 g/mol. The normalized spacial score (nSPS) is 12.4. The molecule has 1 atom stereocenters. The van der Waals surface area contributed by atoms with Gasteiger partial charge in [0.25, 0.3) is 0 Å². The Morgan fingerprint density at radius 2 is 2.08 bits per heavy atom. The number of nitrogen functional groups attached to an aromatic ring is 1. The maximum absolute atomic E-state index is 10.3. The summed E-state index contributed by atoms with van der Waals surface area (Å²) in [5.74, 6) is -0.810. The Bertz CT molecular complexity index is 298. The van der Waals surface area contributed by atoms with Gasteiger partial charge in [-0.15, -0.1) is 0 Å². The summed E-state index contributed by atoms with van der Waals surface area (Å²) in [5.41, 5.74) is 11.4. The Balaban J connectivity index is 2.71. The van der Waals surface area contributed by atoms with Gasteiger partial charge in [0.2, 0.25) is 5.95 Å². The van der Waals surface area contributed by atoms with E-state index in [9.17, 15) is 4.79 Å². The molecule has 6 heteroatoms. The third-order valence-corrected chi connectivity index (χ3v) is 1.51. The van der Waals surface area contributed by atoms with Crippen LogP contribution in [0.25, 0.3) is 0 Å². The van der Waals surface area contributed by atoms with Gasteiger partial charge in [0.05, 0.1) is 6.42 Å². The molecule has 0 saturated carbocycles. The molecule has 0 fully saturated rings. The minimum Gasteiger partial charge on any atom is -0.481 e. The molecule has 0 radical (unpaired) electrons. The molecule has 0 aliphatic rings. The highest BCUT2D eigenvalue weighted by Crippen LogP contribution is 2.11. The van der Waals surface area contributed by atoms with Gasteiger partial charge in [0, 0.05) is 24.0 Å². The molecule has 5 N–H and O–H groups in total. The quantitative estimate of drug-likeness (QED) is 0.582. The Morgan fingerprint density at radius 3 is 2.54 bits per heavy atom. The van der Waals surface area contributed by atoms with Crippen LogP contribution in [0.2, 0.25) is 0 Å². The van der Waals surface area contributed by atoms with Crippen LogP contribution in [-0.4, -0.2) is 21.0 Å². The first-order chi connectivity index (χ1) is 6.09. The molecule has 1 aromatic rings. The summed E-state index contributed by atoms with van der Waals surface area (Å²) in [4.78, 5) is 17.7. The molecule has 6 nitrogen and oxygen atoms in total. The first-order valence-electron chi connectivity index (χ1n) is 3.64. The molecule has 0 aliphatic heterocycles. The molecule has 1 aromatic heterocycles. The van der Waals surface area contributed by atoms with E-state index in [1.165, 1.54) is 12.4 Å². The van der Waals surface area contributed by atoms with Crippen molar-refractivity contribution < 1.29 is 9.90 Å². The first kappa shape index (κ1) is 9.40. The predicted molar refractivity (Wildman–Crippen MR) is 45.6 cm³/mol. The molecule has 0 aromatic carbocycles. The summed E-state index contributed by atoms with van der Waals surface area (Å²) in [6.45, 7) is 0. The summed E-state index contributed by atoms with van der Waals surface area (Å²) in [6, 6.07) is -0.585. The minimum atomic E-state index is -0.954. The largest absolute Gasteiger partial charge is 0.481 e. The van der Waals surface area contributed by atoms with E-state index in [-0.39, 0.29) is 12.4 Å². The van der Waals surface area contributed by atoms with Crippen molar-refractivity contribution in [2.75, 3.05) is 5.73 Å². The molecule has 0 unspecified atom stereocenters. The number of aliphatic carboxylic acids is 1. The molecule has 0 spiro atoms. The number of aromatic nitrogens is 2. The van der Waals surface area contributed by atoms with Crippen LogP contribution in [0.4, 0.5) is 5.95 Å². The van der Waals surface area contributed by atoms with Gasteiger partial charge in [-0.3, -0.25) is 4.79 Å². The van der Waals surface area contributed by atoms with Crippen molar-refractivity contribution in [2.24, 2.45) is 5.73 Å². The van der Waals surface area contributed by atoms with Crippen LogP contribution in [0.3, 0.4) is 0 Å². The van der Waals surface area contributed by atoms with Crippen LogP contribution in [0.5, 0.6) is 0 Å². The topological polar surface area (TPSA) is 115 Å². The lowest BCUT2D eigenvalue weighted by molar-refractivity contribution is -0.137. The first-order valence-corrected chi connectivity index (χ1v) is 3.64. The van der Waals surface area contributed by atoms with Crippen molar-refractivity contribution in [3.8, 4) is 0 Å². The fourth-order valence-electron chi connectivity index (χ4n) is 0.845. The molecule has 1 rings (SSSR count). The zero-order chi connectivity index (χ0) is 9.84. The van der Waals surface area contributed by atoms with E-state index >= 15 is 0 Å². The molecular formula is C7H10N4O2. The van der Waals surface area contributed by atoms with Crippen LogP contribution in [-0.2, 0) is 4.79 Å². The number of anilines is 1. The lowest BCUT2D eigenvalue weighted by atomic mass is 10.1. The fraction of sp³-hybridized carbons (Fsp3) is 0.286. The van der Waals surface area contributed by atoms with Crippen LogP contribution >= 0.6 is 0 Å². The van der Waals surface area contributed by atoms with Crippen molar-refractivity contribution in [1.82, 2.24) is 9.97 Å². The van der Waals surface area contributed by atoms with E-state index in [2.05, 4.69) is 9.97 Å². The molecule has 13 heavy (non-hydrogen) atoms. The predicted octanol–water partition coefficient (Wildman–Crippen LogP) is -0.467. The molecule has 70 valence electrons. The fourth-order valence-corrected chi connectivity index (χ4v) is 0.845. The van der Waals surface area contributed by atoms with Crippen LogP contribution in [0.15, 0.2) is 12.4 Å². The average Bonchev–Trinajstić information content (AvgIpc) is 2.04. The summed E-state index contributed by atoms with van der Waals surface area (Å²) < 4.78 is 0. The lowest BCUT2D eigenvalue weighted by Gasteiger charge is -2.07. The van der Waals surface area contributed by atoms with E-state index in [4.69, 9.17) is 16.6 Å². The van der Waals surface area contributed by atoms with E-state index in [1.807, 2.05) is 0 Å². The second kappa shape index (κ2) is 3.81. The number of rotatable bonds is 3. The zero-order valence-electron chi connectivity index (χ0n) is 6.84. The standard InChI is InChI=1S/C7H10N4O2/c8-5(1-6(12)13)4-2-10-7(9)11-3-4/h2-3,5H,1,8H2,(H,12,13)(H2,9,10,11)/t5-/m1/s1. The van der Waals surface area contributed by atoms with Crippen molar-refractivity contribution in [1.29, 1.82) is 0 Å². The summed E-state index contributed by atoms with van der Waals surface area (Å²) in [7, 11) is 0. The zero-order valence-corrected chi connectivity index (χ0v) is 6.84. The maximum atomic E-state index is 10.3. The van der Waals surface area contributed by atoms with Gasteiger partial charge in [-0.25, -0.2) is 9.97 Å². The number of carbonyl (C=O) groups is 1. The van der Waals surface area contributed by atoms with Crippen molar-refractivity contribution in [3.63, 3.8) is 0 Å². The van der Waals surface area contributed by atoms with Crippen LogP contribution in [0.1, 0.15) is 18.0 Å². The Hall–Kier alpha value is -1.69. The Kier molecular flexibility index (Phi) is 2.76. The Labute approximate surface area is 74.6 Å².